The smallest absolute Gasteiger partial charge is 0.328 e. The number of nitrogens with one attached hydrogen (secondary N) is 4. The van der Waals surface area contributed by atoms with Crippen LogP contribution in [0.3, 0.4) is 0 Å². The molecule has 0 radical (unpaired) electrons. The number of cyclic esters (lactones) is 1. The Bertz CT molecular complexity index is 2870. The Kier molecular flexibility index (Phi) is 28.9. The number of aliphatic hydroxyl groups excluding tert-OH is 1. The van der Waals surface area contributed by atoms with Crippen LogP contribution in [-0.4, -0.2) is 142 Å². The quantitative estimate of drug-likeness (QED) is 0.0327. The molecule has 0 unspecified atom stereocenters. The molecule has 2 aromatic carbocycles. The van der Waals surface area contributed by atoms with Crippen molar-refractivity contribution in [3.05, 3.63) is 81.9 Å². The molecule has 478 valence electrons. The second kappa shape index (κ2) is 33.7. The van der Waals surface area contributed by atoms with E-state index in [1.807, 2.05) is 71.0 Å². The van der Waals surface area contributed by atoms with Gasteiger partial charge in [-0.05, 0) is 92.7 Å². The van der Waals surface area contributed by atoms with Crippen LogP contribution in [0, 0.1) is 35.5 Å². The number of esters is 1. The summed E-state index contributed by atoms with van der Waals surface area (Å²) in [5.74, 6) is -8.69. The van der Waals surface area contributed by atoms with E-state index in [4.69, 9.17) is 20.9 Å². The van der Waals surface area contributed by atoms with E-state index in [-0.39, 0.29) is 94.8 Å². The third kappa shape index (κ3) is 25.2. The average molecular weight is 1240 g/mol. The van der Waals surface area contributed by atoms with Crippen molar-refractivity contribution in [2.24, 2.45) is 28.6 Å². The fourth-order valence-electron chi connectivity index (χ4n) is 9.77. The van der Waals surface area contributed by atoms with Crippen LogP contribution in [0.25, 0.3) is 0 Å². The van der Waals surface area contributed by atoms with Crippen molar-refractivity contribution in [2.75, 3.05) is 18.8 Å². The third-order valence-electron chi connectivity index (χ3n) is 15.9. The summed E-state index contributed by atoms with van der Waals surface area (Å²) in [5.41, 5.74) is 1.37. The standard InChI is InChI=1S/C63H92ClN5O16S/c1-37(2)57(68-54(74)28-30-69(31-29-56(76)77)55(75)27-25-46(70)15-14-32-86(82,83)84)51(72)33-39(4)50(71)26-22-43-20-23-45(24-21-43)40(5)58(78)41(6)52-16-13-17-53(73)66-48(35-44-19-18-38(3)47(64)34-44)59(79)65-42(7)63(11,12)61(81)67-49(60(80)85-52)36-62(8,9)10/h13,17-21,23-24,34,37,39-42,48-49,52,57-58,78H,14-16,22,25-33,35-36H2,1-12H3,(H,65,79)(H,66,73)(H,67,81)(H,68,74)(H,76,77)(H,82,83,84)/b17-13+/t39-,40-,41+,42+,48-,49+,52+,57+,58+/m1/s1. The van der Waals surface area contributed by atoms with Crippen molar-refractivity contribution in [1.29, 1.82) is 0 Å². The van der Waals surface area contributed by atoms with Crippen LogP contribution < -0.4 is 21.3 Å². The van der Waals surface area contributed by atoms with Crippen molar-refractivity contribution in [1.82, 2.24) is 26.2 Å². The molecule has 9 atom stereocenters. The number of aryl methyl sites for hydroxylation is 2. The van der Waals surface area contributed by atoms with Gasteiger partial charge in [-0.1, -0.05) is 109 Å². The minimum absolute atomic E-state index is 0.0144. The minimum atomic E-state index is -4.26. The summed E-state index contributed by atoms with van der Waals surface area (Å²) in [4.78, 5) is 134. The van der Waals surface area contributed by atoms with Gasteiger partial charge >= 0.3 is 11.9 Å². The number of rotatable bonds is 29. The fraction of sp³-hybridized carbons (Fsp3) is 0.619. The number of ether oxygens (including phenoxy) is 1. The first-order chi connectivity index (χ1) is 39.9. The van der Waals surface area contributed by atoms with Gasteiger partial charge in [-0.3, -0.25) is 47.7 Å². The van der Waals surface area contributed by atoms with Gasteiger partial charge in [0.2, 0.25) is 29.5 Å². The van der Waals surface area contributed by atoms with Crippen molar-refractivity contribution < 1.29 is 75.9 Å². The number of aliphatic hydroxyl groups is 1. The van der Waals surface area contributed by atoms with Gasteiger partial charge in [-0.15, -0.1) is 0 Å². The zero-order valence-electron chi connectivity index (χ0n) is 52.0. The minimum Gasteiger partial charge on any atom is -0.481 e. The number of amides is 5. The van der Waals surface area contributed by atoms with Crippen LogP contribution in [0.5, 0.6) is 0 Å². The summed E-state index contributed by atoms with van der Waals surface area (Å²) < 4.78 is 37.0. The Balaban J connectivity index is 1.71. The van der Waals surface area contributed by atoms with E-state index in [0.29, 0.717) is 17.0 Å². The normalized spacial score (nSPS) is 20.2. The third-order valence-corrected chi connectivity index (χ3v) is 17.1. The van der Waals surface area contributed by atoms with Gasteiger partial charge in [0.1, 0.15) is 29.8 Å². The fourth-order valence-corrected chi connectivity index (χ4v) is 10.5. The van der Waals surface area contributed by atoms with Crippen LogP contribution >= 0.6 is 11.6 Å². The maximum atomic E-state index is 14.3. The molecule has 2 aromatic rings. The number of nitrogens with zero attached hydrogens (tertiary/aromatic N) is 1. The first-order valence-electron chi connectivity index (χ1n) is 29.5. The molecule has 0 spiro atoms. The van der Waals surface area contributed by atoms with Gasteiger partial charge in [-0.25, -0.2) is 4.79 Å². The van der Waals surface area contributed by atoms with Gasteiger partial charge in [0.25, 0.3) is 10.1 Å². The number of benzene rings is 2. The van der Waals surface area contributed by atoms with Crippen molar-refractivity contribution in [3.8, 4) is 0 Å². The molecular weight excluding hydrogens is 1150 g/mol. The number of carboxylic acids is 1. The van der Waals surface area contributed by atoms with Crippen molar-refractivity contribution >= 4 is 80.5 Å². The summed E-state index contributed by atoms with van der Waals surface area (Å²) in [5, 5.41) is 33.0. The van der Waals surface area contributed by atoms with Gasteiger partial charge in [0.05, 0.1) is 29.7 Å². The van der Waals surface area contributed by atoms with Crippen LogP contribution in [0.4, 0.5) is 0 Å². The van der Waals surface area contributed by atoms with Crippen LogP contribution in [0.15, 0.2) is 54.6 Å². The Morgan fingerprint density at radius 2 is 1.47 bits per heavy atom. The number of carboxylic acid groups (broad SMARTS) is 1. The highest BCUT2D eigenvalue weighted by molar-refractivity contribution is 7.85. The molecule has 0 aromatic heterocycles. The molecule has 1 aliphatic rings. The van der Waals surface area contributed by atoms with Gasteiger partial charge in [-0.2, -0.15) is 8.42 Å². The summed E-state index contributed by atoms with van der Waals surface area (Å²) >= 11 is 6.42. The number of hydrogen-bond donors (Lipinski definition) is 7. The van der Waals surface area contributed by atoms with Crippen LogP contribution in [-0.2, 0) is 75.6 Å². The van der Waals surface area contributed by atoms with Gasteiger partial charge < -0.3 is 41.1 Å². The Morgan fingerprint density at radius 1 is 0.837 bits per heavy atom. The number of halogens is 1. The number of aliphatic carboxylic acids is 1. The Hall–Kier alpha value is -6.36. The van der Waals surface area contributed by atoms with Crippen LogP contribution in [0.1, 0.15) is 169 Å². The molecule has 86 heavy (non-hydrogen) atoms. The molecule has 23 heteroatoms. The predicted molar refractivity (Wildman–Crippen MR) is 325 cm³/mol. The highest BCUT2D eigenvalue weighted by Gasteiger charge is 2.41. The Labute approximate surface area is 512 Å². The maximum Gasteiger partial charge on any atom is 0.328 e. The van der Waals surface area contributed by atoms with E-state index in [1.54, 1.807) is 54.5 Å². The number of hydrogen-bond acceptors (Lipinski definition) is 14. The number of carbonyl (C=O) groups is 10. The van der Waals surface area contributed by atoms with Crippen molar-refractivity contribution in [2.45, 2.75) is 202 Å². The predicted octanol–water partition coefficient (Wildman–Crippen LogP) is 6.75. The number of carbonyl (C=O) groups excluding carboxylic acids is 9. The molecule has 0 bridgehead atoms. The summed E-state index contributed by atoms with van der Waals surface area (Å²) in [6.45, 7) is 20.8. The lowest BCUT2D eigenvalue weighted by molar-refractivity contribution is -0.159. The molecule has 21 nitrogen and oxygen atoms in total. The lowest BCUT2D eigenvalue weighted by Crippen LogP contribution is -2.58. The maximum absolute atomic E-state index is 14.3. The molecule has 0 aliphatic carbocycles. The lowest BCUT2D eigenvalue weighted by atomic mass is 9.82. The monoisotopic (exact) mass is 1240 g/mol. The highest BCUT2D eigenvalue weighted by atomic mass is 35.5. The molecule has 7 N–H and O–H groups in total. The molecule has 1 aliphatic heterocycles. The number of Topliss-reactive ketones (excluding diaryl/α,β-unsaturated/α-hetero) is 3. The first kappa shape index (κ1) is 73.9. The SMILES string of the molecule is Cc1ccc(C[C@H]2NC(=O)/C=C/C[C@@H]([C@H](C)[C@@H](O)[C@H](C)c3ccc(CCC(=O)[C@H](C)CC(=O)[C@@H](NC(=O)CCN(CCC(=O)O)C(=O)CCC(=O)CCCS(=O)(=O)O)C(C)C)cc3)OC(=O)[C@H](CC(C)(C)C)NC(=O)C(C)(C)[C@H](C)NC2=O)cc1Cl. The van der Waals surface area contributed by atoms with E-state index in [1.165, 1.54) is 12.2 Å². The van der Waals surface area contributed by atoms with Gasteiger partial charge in [0, 0.05) is 93.3 Å². The molecule has 0 fully saturated rings. The summed E-state index contributed by atoms with van der Waals surface area (Å²) in [6.07, 6.45) is -0.403. The molecule has 1 heterocycles. The number of ketones is 3. The molecular formula is C63H92ClN5O16S. The summed E-state index contributed by atoms with van der Waals surface area (Å²) in [7, 11) is -4.26. The van der Waals surface area contributed by atoms with Crippen molar-refractivity contribution in [3.63, 3.8) is 0 Å². The second-order valence-corrected chi connectivity index (χ2v) is 27.1. The summed E-state index contributed by atoms with van der Waals surface area (Å²) in [6, 6.07) is 8.77. The molecule has 5 amide bonds. The highest BCUT2D eigenvalue weighted by Crippen LogP contribution is 2.31. The van der Waals surface area contributed by atoms with Crippen LogP contribution in [0.2, 0.25) is 5.02 Å². The van der Waals surface area contributed by atoms with E-state index in [2.05, 4.69) is 21.3 Å². The lowest BCUT2D eigenvalue weighted by Gasteiger charge is -2.36. The first-order valence-corrected chi connectivity index (χ1v) is 31.5. The molecule has 3 rings (SSSR count). The van der Waals surface area contributed by atoms with E-state index >= 15 is 0 Å². The Morgan fingerprint density at radius 3 is 2.06 bits per heavy atom. The molecule has 0 saturated carbocycles. The van der Waals surface area contributed by atoms with E-state index in [9.17, 15) is 66.6 Å². The zero-order chi connectivity index (χ0) is 65.0. The molecule has 0 saturated heterocycles. The second-order valence-electron chi connectivity index (χ2n) is 25.1. The van der Waals surface area contributed by atoms with E-state index in [0.717, 1.165) is 21.6 Å². The van der Waals surface area contributed by atoms with E-state index < -0.39 is 135 Å². The average Bonchev–Trinajstić information content (AvgIpc) is 2.60. The largest absolute Gasteiger partial charge is 0.481 e. The topological polar surface area (TPSA) is 326 Å². The van der Waals surface area contributed by atoms with Gasteiger partial charge in [0.15, 0.2) is 5.78 Å². The zero-order valence-corrected chi connectivity index (χ0v) is 53.5.